The Kier molecular flexibility index (Phi) is 4.34. The number of aliphatic hydroxyl groups excluding tert-OH is 1. The van der Waals surface area contributed by atoms with Gasteiger partial charge in [0, 0.05) is 13.1 Å². The molecule has 2 amide bonds. The second kappa shape index (κ2) is 5.35. The lowest BCUT2D eigenvalue weighted by Crippen LogP contribution is -2.53. The predicted octanol–water partition coefficient (Wildman–Crippen LogP) is 0.260. The molecular formula is C11H20N2O4. The molecule has 0 radical (unpaired) electrons. The van der Waals surface area contributed by atoms with Crippen molar-refractivity contribution < 1.29 is 19.8 Å². The Balaban J connectivity index is 2.53. The van der Waals surface area contributed by atoms with E-state index in [0.29, 0.717) is 5.92 Å². The molecule has 1 rings (SSSR count). The van der Waals surface area contributed by atoms with Gasteiger partial charge >= 0.3 is 12.0 Å². The number of rotatable bonds is 5. The fourth-order valence-corrected chi connectivity index (χ4v) is 1.70. The van der Waals surface area contributed by atoms with Crippen LogP contribution in [0.15, 0.2) is 0 Å². The Morgan fingerprint density at radius 1 is 1.35 bits per heavy atom. The zero-order valence-corrected chi connectivity index (χ0v) is 10.4. The van der Waals surface area contributed by atoms with Crippen LogP contribution in [-0.4, -0.2) is 52.3 Å². The number of carbonyl (C=O) groups excluding carboxylic acids is 1. The van der Waals surface area contributed by atoms with Crippen LogP contribution < -0.4 is 5.32 Å². The van der Waals surface area contributed by atoms with Crippen molar-refractivity contribution in [1.29, 1.82) is 0 Å². The van der Waals surface area contributed by atoms with Gasteiger partial charge in [-0.1, -0.05) is 0 Å². The van der Waals surface area contributed by atoms with Gasteiger partial charge in [0.05, 0.1) is 6.10 Å². The van der Waals surface area contributed by atoms with Crippen molar-refractivity contribution in [2.24, 2.45) is 5.92 Å². The molecule has 17 heavy (non-hydrogen) atoms. The molecule has 98 valence electrons. The van der Waals surface area contributed by atoms with E-state index in [2.05, 4.69) is 5.32 Å². The summed E-state index contributed by atoms with van der Waals surface area (Å²) in [6.07, 6.45) is 1.09. The van der Waals surface area contributed by atoms with Crippen molar-refractivity contribution in [2.45, 2.75) is 44.9 Å². The van der Waals surface area contributed by atoms with Crippen LogP contribution in [0.5, 0.6) is 0 Å². The summed E-state index contributed by atoms with van der Waals surface area (Å²) >= 11 is 0. The van der Waals surface area contributed by atoms with Crippen molar-refractivity contribution in [3.05, 3.63) is 0 Å². The number of nitrogens with zero attached hydrogens (tertiary/aromatic N) is 1. The molecule has 1 aliphatic rings. The highest BCUT2D eigenvalue weighted by molar-refractivity contribution is 5.83. The topological polar surface area (TPSA) is 89.9 Å². The average Bonchev–Trinajstić information content (AvgIpc) is 3.06. The molecule has 1 fully saturated rings. The SMILES string of the molecule is CC(C1CC1)N(C)C(=O)N[C@H](C(=O)O)[C@@H](C)O. The smallest absolute Gasteiger partial charge is 0.328 e. The zero-order chi connectivity index (χ0) is 13.2. The molecule has 6 heteroatoms. The first-order valence-electron chi connectivity index (χ1n) is 5.78. The lowest BCUT2D eigenvalue weighted by Gasteiger charge is -2.27. The molecule has 0 bridgehead atoms. The van der Waals surface area contributed by atoms with Gasteiger partial charge in [0.25, 0.3) is 0 Å². The number of carboxylic acids is 1. The van der Waals surface area contributed by atoms with Crippen LogP contribution in [0, 0.1) is 5.92 Å². The minimum absolute atomic E-state index is 0.0958. The Morgan fingerprint density at radius 2 is 1.88 bits per heavy atom. The van der Waals surface area contributed by atoms with Gasteiger partial charge in [0.15, 0.2) is 6.04 Å². The van der Waals surface area contributed by atoms with Gasteiger partial charge in [-0.05, 0) is 32.6 Å². The molecule has 3 N–H and O–H groups in total. The average molecular weight is 244 g/mol. The number of carbonyl (C=O) groups is 2. The van der Waals surface area contributed by atoms with E-state index in [1.807, 2.05) is 6.92 Å². The maximum absolute atomic E-state index is 11.8. The first-order valence-corrected chi connectivity index (χ1v) is 5.78. The van der Waals surface area contributed by atoms with E-state index in [9.17, 15) is 14.7 Å². The van der Waals surface area contributed by atoms with Crippen LogP contribution in [0.3, 0.4) is 0 Å². The fraction of sp³-hybridized carbons (Fsp3) is 0.818. The molecule has 1 saturated carbocycles. The molecule has 0 spiro atoms. The lowest BCUT2D eigenvalue weighted by molar-refractivity contribution is -0.141. The highest BCUT2D eigenvalue weighted by Gasteiger charge is 2.34. The third-order valence-electron chi connectivity index (χ3n) is 3.26. The fourth-order valence-electron chi connectivity index (χ4n) is 1.70. The molecule has 0 aromatic carbocycles. The summed E-state index contributed by atoms with van der Waals surface area (Å²) in [5, 5.41) is 20.4. The monoisotopic (exact) mass is 244 g/mol. The van der Waals surface area contributed by atoms with Crippen molar-refractivity contribution in [3.8, 4) is 0 Å². The van der Waals surface area contributed by atoms with Crippen molar-refractivity contribution >= 4 is 12.0 Å². The number of aliphatic carboxylic acids is 1. The lowest BCUT2D eigenvalue weighted by atomic mass is 10.2. The van der Waals surface area contributed by atoms with Gasteiger partial charge in [-0.25, -0.2) is 9.59 Å². The molecule has 0 aliphatic heterocycles. The summed E-state index contributed by atoms with van der Waals surface area (Å²) in [6, 6.07) is -1.63. The Bertz CT molecular complexity index is 302. The number of nitrogens with one attached hydrogen (secondary N) is 1. The summed E-state index contributed by atoms with van der Waals surface area (Å²) in [5.74, 6) is -0.721. The summed E-state index contributed by atoms with van der Waals surface area (Å²) in [6.45, 7) is 3.28. The predicted molar refractivity (Wildman–Crippen MR) is 61.6 cm³/mol. The molecule has 3 atom stereocenters. The summed E-state index contributed by atoms with van der Waals surface area (Å²) in [5.41, 5.74) is 0. The molecule has 0 saturated heterocycles. The van der Waals surface area contributed by atoms with E-state index in [4.69, 9.17) is 5.11 Å². The molecule has 6 nitrogen and oxygen atoms in total. The molecular weight excluding hydrogens is 224 g/mol. The van der Waals surface area contributed by atoms with Crippen LogP contribution in [-0.2, 0) is 4.79 Å². The molecule has 1 unspecified atom stereocenters. The maximum Gasteiger partial charge on any atom is 0.328 e. The van der Waals surface area contributed by atoms with Crippen LogP contribution in [0.2, 0.25) is 0 Å². The van der Waals surface area contributed by atoms with Gasteiger partial charge in [-0.15, -0.1) is 0 Å². The molecule has 0 aromatic heterocycles. The van der Waals surface area contributed by atoms with Crippen LogP contribution >= 0.6 is 0 Å². The normalized spacial score (nSPS) is 20.2. The van der Waals surface area contributed by atoms with Crippen LogP contribution in [0.1, 0.15) is 26.7 Å². The minimum atomic E-state index is -1.27. The third-order valence-corrected chi connectivity index (χ3v) is 3.26. The second-order valence-electron chi connectivity index (χ2n) is 4.69. The van der Waals surface area contributed by atoms with E-state index < -0.39 is 24.1 Å². The van der Waals surface area contributed by atoms with Crippen molar-refractivity contribution in [3.63, 3.8) is 0 Å². The standard InChI is InChI=1S/C11H20N2O4/c1-6(8-4-5-8)13(3)11(17)12-9(7(2)14)10(15)16/h6-9,14H,4-5H2,1-3H3,(H,12,17)(H,15,16)/t6?,7-,9+/m1/s1. The van der Waals surface area contributed by atoms with Gasteiger partial charge in [-0.2, -0.15) is 0 Å². The largest absolute Gasteiger partial charge is 0.480 e. The first kappa shape index (κ1) is 13.8. The first-order chi connectivity index (χ1) is 7.84. The Hall–Kier alpha value is -1.30. The highest BCUT2D eigenvalue weighted by atomic mass is 16.4. The number of aliphatic hydroxyl groups is 1. The van der Waals surface area contributed by atoms with E-state index in [0.717, 1.165) is 12.8 Å². The summed E-state index contributed by atoms with van der Waals surface area (Å²) in [4.78, 5) is 24.1. The molecule has 0 aromatic rings. The Labute approximate surface area is 101 Å². The minimum Gasteiger partial charge on any atom is -0.480 e. The van der Waals surface area contributed by atoms with Crippen molar-refractivity contribution in [1.82, 2.24) is 10.2 Å². The summed E-state index contributed by atoms with van der Waals surface area (Å²) in [7, 11) is 1.64. The molecule has 0 heterocycles. The van der Waals surface area contributed by atoms with Gasteiger partial charge in [0.1, 0.15) is 0 Å². The van der Waals surface area contributed by atoms with Gasteiger partial charge < -0.3 is 20.4 Å². The number of amides is 2. The second-order valence-corrected chi connectivity index (χ2v) is 4.69. The quantitative estimate of drug-likeness (QED) is 0.647. The van der Waals surface area contributed by atoms with Gasteiger partial charge in [-0.3, -0.25) is 0 Å². The summed E-state index contributed by atoms with van der Waals surface area (Å²) < 4.78 is 0. The number of carboxylic acid groups (broad SMARTS) is 1. The van der Waals surface area contributed by atoms with Gasteiger partial charge in [0.2, 0.25) is 0 Å². The zero-order valence-electron chi connectivity index (χ0n) is 10.4. The van der Waals surface area contributed by atoms with E-state index in [-0.39, 0.29) is 6.04 Å². The maximum atomic E-state index is 11.8. The number of hydrogen-bond acceptors (Lipinski definition) is 3. The van der Waals surface area contributed by atoms with Crippen molar-refractivity contribution in [2.75, 3.05) is 7.05 Å². The van der Waals surface area contributed by atoms with E-state index >= 15 is 0 Å². The van der Waals surface area contributed by atoms with Crippen LogP contribution in [0.25, 0.3) is 0 Å². The third kappa shape index (κ3) is 3.59. The Morgan fingerprint density at radius 3 is 2.24 bits per heavy atom. The van der Waals surface area contributed by atoms with E-state index in [1.165, 1.54) is 11.8 Å². The molecule has 1 aliphatic carbocycles. The number of hydrogen-bond donors (Lipinski definition) is 3. The van der Waals surface area contributed by atoms with E-state index in [1.54, 1.807) is 7.05 Å². The van der Waals surface area contributed by atoms with Crippen LogP contribution in [0.4, 0.5) is 4.79 Å². The number of urea groups is 1. The highest BCUT2D eigenvalue weighted by Crippen LogP contribution is 2.34.